The second-order valence-corrected chi connectivity index (χ2v) is 8.29. The zero-order valence-corrected chi connectivity index (χ0v) is 19.2. The lowest BCUT2D eigenvalue weighted by Crippen LogP contribution is -2.43. The van der Waals surface area contributed by atoms with E-state index in [1.807, 2.05) is 63.2 Å². The molecule has 2 aromatic rings. The highest BCUT2D eigenvalue weighted by Crippen LogP contribution is 2.27. The molecule has 1 heterocycles. The van der Waals surface area contributed by atoms with Crippen LogP contribution in [0.25, 0.3) is 0 Å². The Balaban J connectivity index is 1.69. The molecule has 1 saturated heterocycles. The highest BCUT2D eigenvalue weighted by atomic mass is 16.5. The van der Waals surface area contributed by atoms with Gasteiger partial charge in [0.1, 0.15) is 0 Å². The van der Waals surface area contributed by atoms with E-state index in [-0.39, 0.29) is 37.2 Å². The molecule has 0 aromatic heterocycles. The molecule has 1 N–H and O–H groups in total. The van der Waals surface area contributed by atoms with Gasteiger partial charge in [-0.05, 0) is 50.1 Å². The van der Waals surface area contributed by atoms with Gasteiger partial charge in [0.2, 0.25) is 17.7 Å². The van der Waals surface area contributed by atoms with Gasteiger partial charge in [-0.1, -0.05) is 29.8 Å². The summed E-state index contributed by atoms with van der Waals surface area (Å²) in [7, 11) is 1.55. The minimum atomic E-state index is -0.492. The Kier molecular flexibility index (Phi) is 7.64. The average Bonchev–Trinajstić information content (AvgIpc) is 3.16. The van der Waals surface area contributed by atoms with Crippen LogP contribution in [-0.2, 0) is 19.1 Å². The maximum absolute atomic E-state index is 13.2. The van der Waals surface area contributed by atoms with Crippen LogP contribution in [-0.4, -0.2) is 56.0 Å². The summed E-state index contributed by atoms with van der Waals surface area (Å²) in [6, 6.07) is 13.4. The fourth-order valence-electron chi connectivity index (χ4n) is 3.82. The first-order valence-corrected chi connectivity index (χ1v) is 10.8. The van der Waals surface area contributed by atoms with E-state index in [1.165, 1.54) is 4.90 Å². The molecule has 0 unspecified atom stereocenters. The van der Waals surface area contributed by atoms with E-state index in [0.29, 0.717) is 13.2 Å². The third-order valence-corrected chi connectivity index (χ3v) is 5.91. The number of nitrogens with one attached hydrogen (secondary N) is 1. The lowest BCUT2D eigenvalue weighted by Gasteiger charge is -2.25. The lowest BCUT2D eigenvalue weighted by atomic mass is 10.1. The van der Waals surface area contributed by atoms with Gasteiger partial charge >= 0.3 is 0 Å². The van der Waals surface area contributed by atoms with Gasteiger partial charge in [0.15, 0.2) is 0 Å². The summed E-state index contributed by atoms with van der Waals surface area (Å²) in [5.41, 5.74) is 4.69. The second kappa shape index (κ2) is 10.4. The Labute approximate surface area is 189 Å². The van der Waals surface area contributed by atoms with Crippen molar-refractivity contribution < 1.29 is 19.1 Å². The molecule has 32 heavy (non-hydrogen) atoms. The van der Waals surface area contributed by atoms with Crippen LogP contribution in [0.5, 0.6) is 0 Å². The summed E-state index contributed by atoms with van der Waals surface area (Å²) in [4.78, 5) is 41.7. The SMILES string of the molecule is COCCN(CC(=O)Nc1cccc(C)c1C)C(=O)[C@@H]1CC(=O)N(c2ccc(C)cc2)C1. The highest BCUT2D eigenvalue weighted by Gasteiger charge is 2.37. The number of benzene rings is 2. The molecular formula is C25H31N3O4. The lowest BCUT2D eigenvalue weighted by molar-refractivity contribution is -0.139. The van der Waals surface area contributed by atoms with Crippen LogP contribution in [0.2, 0.25) is 0 Å². The van der Waals surface area contributed by atoms with Crippen molar-refractivity contribution in [2.75, 3.05) is 43.6 Å². The van der Waals surface area contributed by atoms with E-state index in [4.69, 9.17) is 4.74 Å². The number of anilines is 2. The number of carbonyl (C=O) groups is 3. The predicted molar refractivity (Wildman–Crippen MR) is 125 cm³/mol. The highest BCUT2D eigenvalue weighted by molar-refractivity contribution is 6.01. The molecule has 7 heteroatoms. The van der Waals surface area contributed by atoms with Crippen LogP contribution in [0.1, 0.15) is 23.1 Å². The Morgan fingerprint density at radius 3 is 2.53 bits per heavy atom. The molecule has 2 aromatic carbocycles. The van der Waals surface area contributed by atoms with Crippen molar-refractivity contribution in [1.82, 2.24) is 4.90 Å². The van der Waals surface area contributed by atoms with Gasteiger partial charge in [-0.3, -0.25) is 14.4 Å². The number of aryl methyl sites for hydroxylation is 2. The second-order valence-electron chi connectivity index (χ2n) is 8.29. The molecule has 1 aliphatic rings. The van der Waals surface area contributed by atoms with E-state index < -0.39 is 5.92 Å². The van der Waals surface area contributed by atoms with Crippen LogP contribution >= 0.6 is 0 Å². The molecule has 0 radical (unpaired) electrons. The van der Waals surface area contributed by atoms with Crippen LogP contribution in [0.4, 0.5) is 11.4 Å². The molecule has 3 amide bonds. The molecule has 1 aliphatic heterocycles. The number of carbonyl (C=O) groups excluding carboxylic acids is 3. The largest absolute Gasteiger partial charge is 0.383 e. The Hall–Kier alpha value is -3.19. The van der Waals surface area contributed by atoms with Crippen molar-refractivity contribution >= 4 is 29.1 Å². The zero-order chi connectivity index (χ0) is 23.3. The molecule has 0 spiro atoms. The van der Waals surface area contributed by atoms with Crippen molar-refractivity contribution in [2.24, 2.45) is 5.92 Å². The fourth-order valence-corrected chi connectivity index (χ4v) is 3.82. The fraction of sp³-hybridized carbons (Fsp3) is 0.400. The number of amides is 3. The van der Waals surface area contributed by atoms with Crippen molar-refractivity contribution in [1.29, 1.82) is 0 Å². The van der Waals surface area contributed by atoms with E-state index >= 15 is 0 Å². The van der Waals surface area contributed by atoms with Crippen LogP contribution in [0.3, 0.4) is 0 Å². The normalized spacial score (nSPS) is 15.7. The Morgan fingerprint density at radius 2 is 1.84 bits per heavy atom. The van der Waals surface area contributed by atoms with E-state index in [0.717, 1.165) is 28.1 Å². The maximum atomic E-state index is 13.2. The minimum absolute atomic E-state index is 0.0845. The Morgan fingerprint density at radius 1 is 1.12 bits per heavy atom. The van der Waals surface area contributed by atoms with Gasteiger partial charge in [0, 0.05) is 38.0 Å². The molecule has 3 rings (SSSR count). The average molecular weight is 438 g/mol. The summed E-state index contributed by atoms with van der Waals surface area (Å²) in [6.07, 6.45) is 0.134. The third kappa shape index (κ3) is 5.53. The van der Waals surface area contributed by atoms with Gasteiger partial charge in [-0.25, -0.2) is 0 Å². The summed E-state index contributed by atoms with van der Waals surface area (Å²) in [5, 5.41) is 2.90. The first-order valence-electron chi connectivity index (χ1n) is 10.8. The minimum Gasteiger partial charge on any atom is -0.383 e. The van der Waals surface area contributed by atoms with Crippen LogP contribution in [0.15, 0.2) is 42.5 Å². The van der Waals surface area contributed by atoms with Crippen LogP contribution in [0, 0.1) is 26.7 Å². The van der Waals surface area contributed by atoms with Gasteiger partial charge in [0.05, 0.1) is 19.1 Å². The first kappa shape index (κ1) is 23.5. The van der Waals surface area contributed by atoms with E-state index in [2.05, 4.69) is 5.32 Å². The number of rotatable bonds is 8. The summed E-state index contributed by atoms with van der Waals surface area (Å²) < 4.78 is 5.14. The number of nitrogens with zero attached hydrogens (tertiary/aromatic N) is 2. The number of methoxy groups -OCH3 is 1. The molecule has 1 atom stereocenters. The van der Waals surface area contributed by atoms with Gasteiger partial charge in [-0.2, -0.15) is 0 Å². The standard InChI is InChI=1S/C25H31N3O4/c1-17-8-10-21(11-9-17)28-15-20(14-24(28)30)25(31)27(12-13-32-4)16-23(29)26-22-7-5-6-18(2)19(22)3/h5-11,20H,12-16H2,1-4H3,(H,26,29)/t20-/m1/s1. The Bertz CT molecular complexity index is 987. The summed E-state index contributed by atoms with van der Waals surface area (Å²) in [5.74, 6) is -1.06. The van der Waals surface area contributed by atoms with Crippen molar-refractivity contribution in [3.63, 3.8) is 0 Å². The van der Waals surface area contributed by atoms with E-state index in [1.54, 1.807) is 12.0 Å². The summed E-state index contributed by atoms with van der Waals surface area (Å²) >= 11 is 0. The predicted octanol–water partition coefficient (Wildman–Crippen LogP) is 3.08. The number of ether oxygens (including phenoxy) is 1. The van der Waals surface area contributed by atoms with Crippen molar-refractivity contribution in [2.45, 2.75) is 27.2 Å². The topological polar surface area (TPSA) is 79.0 Å². The molecular weight excluding hydrogens is 406 g/mol. The monoisotopic (exact) mass is 437 g/mol. The molecule has 0 aliphatic carbocycles. The summed E-state index contributed by atoms with van der Waals surface area (Å²) in [6.45, 7) is 6.72. The molecule has 0 saturated carbocycles. The first-order chi connectivity index (χ1) is 15.3. The molecule has 170 valence electrons. The number of hydrogen-bond acceptors (Lipinski definition) is 4. The molecule has 1 fully saturated rings. The molecule has 0 bridgehead atoms. The van der Waals surface area contributed by atoms with E-state index in [9.17, 15) is 14.4 Å². The maximum Gasteiger partial charge on any atom is 0.244 e. The molecule has 7 nitrogen and oxygen atoms in total. The van der Waals surface area contributed by atoms with Crippen molar-refractivity contribution in [3.05, 3.63) is 59.2 Å². The third-order valence-electron chi connectivity index (χ3n) is 5.91. The van der Waals surface area contributed by atoms with Gasteiger partial charge < -0.3 is 19.9 Å². The smallest absolute Gasteiger partial charge is 0.244 e. The van der Waals surface area contributed by atoms with Crippen LogP contribution < -0.4 is 10.2 Å². The van der Waals surface area contributed by atoms with Gasteiger partial charge in [0.25, 0.3) is 0 Å². The quantitative estimate of drug-likeness (QED) is 0.688. The zero-order valence-electron chi connectivity index (χ0n) is 19.2. The van der Waals surface area contributed by atoms with Crippen molar-refractivity contribution in [3.8, 4) is 0 Å². The van der Waals surface area contributed by atoms with Gasteiger partial charge in [-0.15, -0.1) is 0 Å². The number of hydrogen-bond donors (Lipinski definition) is 1.